The van der Waals surface area contributed by atoms with Crippen molar-refractivity contribution in [3.63, 3.8) is 0 Å². The van der Waals surface area contributed by atoms with Gasteiger partial charge < -0.3 is 9.88 Å². The normalized spacial score (nSPS) is 19.9. The minimum Gasteiger partial charge on any atom is -0.340 e. The van der Waals surface area contributed by atoms with Crippen LogP contribution in [0.1, 0.15) is 49.8 Å². The molecule has 2 unspecified atom stereocenters. The van der Waals surface area contributed by atoms with E-state index in [2.05, 4.69) is 182 Å². The molecule has 0 bridgehead atoms. The highest BCUT2D eigenvalue weighted by Crippen LogP contribution is 2.51. The van der Waals surface area contributed by atoms with Gasteiger partial charge in [-0.3, -0.25) is 4.99 Å². The second kappa shape index (κ2) is 12.1. The van der Waals surface area contributed by atoms with Gasteiger partial charge in [0.2, 0.25) is 0 Å². The Labute approximate surface area is 305 Å². The van der Waals surface area contributed by atoms with Gasteiger partial charge in [-0.1, -0.05) is 129 Å². The fraction of sp³-hybridized carbons (Fsp3) is 0.163. The smallest absolute Gasteiger partial charge is 0.133 e. The van der Waals surface area contributed by atoms with E-state index >= 15 is 0 Å². The first-order chi connectivity index (χ1) is 25.5. The molecule has 0 saturated heterocycles. The van der Waals surface area contributed by atoms with E-state index in [-0.39, 0.29) is 11.5 Å². The Morgan fingerprint density at radius 3 is 2.29 bits per heavy atom. The van der Waals surface area contributed by atoms with Crippen molar-refractivity contribution in [2.75, 3.05) is 0 Å². The molecule has 52 heavy (non-hydrogen) atoms. The summed E-state index contributed by atoms with van der Waals surface area (Å²) in [5, 5.41) is 6.35. The van der Waals surface area contributed by atoms with Gasteiger partial charge in [0.25, 0.3) is 0 Å². The maximum atomic E-state index is 5.43. The Morgan fingerprint density at radius 1 is 0.692 bits per heavy atom. The number of aliphatic imine (C=N–C) groups is 1. The number of aromatic nitrogens is 1. The van der Waals surface area contributed by atoms with E-state index in [4.69, 9.17) is 4.99 Å². The molecule has 3 nitrogen and oxygen atoms in total. The summed E-state index contributed by atoms with van der Waals surface area (Å²) in [5.74, 6) is 1.28. The van der Waals surface area contributed by atoms with E-state index in [1.807, 2.05) is 0 Å². The van der Waals surface area contributed by atoms with Crippen molar-refractivity contribution in [3.05, 3.63) is 186 Å². The van der Waals surface area contributed by atoms with Gasteiger partial charge >= 0.3 is 0 Å². The summed E-state index contributed by atoms with van der Waals surface area (Å²) < 4.78 is 2.45. The average Bonchev–Trinajstić information content (AvgIpc) is 3.65. The fourth-order valence-corrected chi connectivity index (χ4v) is 8.96. The van der Waals surface area contributed by atoms with Crippen LogP contribution in [0.4, 0.5) is 0 Å². The van der Waals surface area contributed by atoms with Crippen LogP contribution in [0.15, 0.2) is 174 Å². The molecule has 5 aromatic carbocycles. The summed E-state index contributed by atoms with van der Waals surface area (Å²) in [6.07, 6.45) is 21.1. The number of hydrogen-bond donors (Lipinski definition) is 1. The van der Waals surface area contributed by atoms with Gasteiger partial charge in [0.15, 0.2) is 0 Å². The molecule has 6 aromatic rings. The molecule has 1 aromatic heterocycles. The quantitative estimate of drug-likeness (QED) is 0.194. The van der Waals surface area contributed by atoms with Crippen LogP contribution in [0.3, 0.4) is 0 Å². The van der Waals surface area contributed by atoms with Crippen LogP contribution in [-0.4, -0.2) is 16.4 Å². The summed E-state index contributed by atoms with van der Waals surface area (Å²) in [5.41, 5.74) is 15.1. The monoisotopic (exact) mass is 671 g/mol. The molecule has 252 valence electrons. The molecule has 10 rings (SSSR count). The third-order valence-electron chi connectivity index (χ3n) is 11.7. The predicted molar refractivity (Wildman–Crippen MR) is 218 cm³/mol. The highest BCUT2D eigenvalue weighted by atomic mass is 15.0. The van der Waals surface area contributed by atoms with Gasteiger partial charge in [-0.05, 0) is 101 Å². The lowest BCUT2D eigenvalue weighted by Gasteiger charge is -2.29. The van der Waals surface area contributed by atoms with Gasteiger partial charge in [0.05, 0.1) is 17.1 Å². The predicted octanol–water partition coefficient (Wildman–Crippen LogP) is 11.8. The summed E-state index contributed by atoms with van der Waals surface area (Å²) in [4.78, 5) is 5.43. The lowest BCUT2D eigenvalue weighted by atomic mass is 9.82. The zero-order chi connectivity index (χ0) is 34.8. The number of benzene rings is 5. The molecule has 2 heterocycles. The van der Waals surface area contributed by atoms with Crippen LogP contribution in [-0.2, 0) is 5.41 Å². The number of allylic oxidation sites excluding steroid dienone is 7. The SMILES string of the molecule is CC1(C)c2ccccc2-c2cc3c4cc(-c5ccccc5C5=NC(C6C=CC=CC6)C=C(C6=CC=CCC6)N5)ccc4n(-c4ccccc4)c3cc21. The number of nitrogens with one attached hydrogen (secondary N) is 1. The average molecular weight is 672 g/mol. The van der Waals surface area contributed by atoms with Crippen molar-refractivity contribution >= 4 is 27.6 Å². The van der Waals surface area contributed by atoms with E-state index in [1.54, 1.807) is 0 Å². The maximum absolute atomic E-state index is 5.43. The molecule has 3 aliphatic carbocycles. The lowest BCUT2D eigenvalue weighted by Crippen LogP contribution is -2.34. The van der Waals surface area contributed by atoms with Crippen LogP contribution < -0.4 is 5.32 Å². The third-order valence-corrected chi connectivity index (χ3v) is 11.7. The summed E-state index contributed by atoms with van der Waals surface area (Å²) in [6.45, 7) is 4.73. The van der Waals surface area contributed by atoms with Crippen LogP contribution in [0, 0.1) is 5.92 Å². The van der Waals surface area contributed by atoms with Crippen LogP contribution in [0.2, 0.25) is 0 Å². The molecule has 4 aliphatic rings. The number of rotatable bonds is 5. The Bertz CT molecular complexity index is 2600. The van der Waals surface area contributed by atoms with Crippen molar-refractivity contribution in [1.29, 1.82) is 0 Å². The Hall–Kier alpha value is -5.93. The topological polar surface area (TPSA) is 29.3 Å². The van der Waals surface area contributed by atoms with Gasteiger partial charge in [-0.15, -0.1) is 0 Å². The molecule has 1 aliphatic heterocycles. The molecule has 0 saturated carbocycles. The summed E-state index contributed by atoms with van der Waals surface area (Å²) >= 11 is 0. The molecule has 0 radical (unpaired) electrons. The van der Waals surface area contributed by atoms with Crippen LogP contribution in [0.5, 0.6) is 0 Å². The third kappa shape index (κ3) is 4.91. The molecule has 2 atom stereocenters. The van der Waals surface area contributed by atoms with Crippen molar-refractivity contribution in [2.24, 2.45) is 10.9 Å². The lowest BCUT2D eigenvalue weighted by molar-refractivity contribution is 0.570. The number of nitrogens with zero attached hydrogens (tertiary/aromatic N) is 2. The summed E-state index contributed by atoms with van der Waals surface area (Å²) in [6, 6.07) is 40.6. The first-order valence-electron chi connectivity index (χ1n) is 18.7. The minimum atomic E-state index is -0.0747. The van der Waals surface area contributed by atoms with E-state index in [1.165, 1.54) is 72.1 Å². The zero-order valence-corrected chi connectivity index (χ0v) is 29.7. The maximum Gasteiger partial charge on any atom is 0.133 e. The highest BCUT2D eigenvalue weighted by Gasteiger charge is 2.36. The zero-order valence-electron chi connectivity index (χ0n) is 29.7. The second-order valence-corrected chi connectivity index (χ2v) is 15.1. The van der Waals surface area contributed by atoms with Gasteiger partial charge in [0.1, 0.15) is 5.84 Å². The Kier molecular flexibility index (Phi) is 7.18. The van der Waals surface area contributed by atoms with Gasteiger partial charge in [0, 0.05) is 39.1 Å². The van der Waals surface area contributed by atoms with Crippen molar-refractivity contribution in [2.45, 2.75) is 44.6 Å². The molecule has 1 N–H and O–H groups in total. The first kappa shape index (κ1) is 30.9. The molecular formula is C49H41N3. The van der Waals surface area contributed by atoms with Crippen LogP contribution in [0.25, 0.3) is 49.7 Å². The number of amidine groups is 1. The number of hydrogen-bond acceptors (Lipinski definition) is 2. The molecular weight excluding hydrogens is 631 g/mol. The minimum absolute atomic E-state index is 0.0628. The second-order valence-electron chi connectivity index (χ2n) is 15.1. The van der Waals surface area contributed by atoms with Crippen molar-refractivity contribution < 1.29 is 0 Å². The van der Waals surface area contributed by atoms with Crippen molar-refractivity contribution in [3.8, 4) is 27.9 Å². The Balaban J connectivity index is 1.15. The number of para-hydroxylation sites is 1. The Morgan fingerprint density at radius 2 is 1.48 bits per heavy atom. The molecule has 0 fully saturated rings. The first-order valence-corrected chi connectivity index (χ1v) is 18.7. The van der Waals surface area contributed by atoms with Crippen molar-refractivity contribution in [1.82, 2.24) is 9.88 Å². The molecule has 0 spiro atoms. The summed E-state index contributed by atoms with van der Waals surface area (Å²) in [7, 11) is 0. The van der Waals surface area contributed by atoms with E-state index < -0.39 is 0 Å². The van der Waals surface area contributed by atoms with Gasteiger partial charge in [-0.25, -0.2) is 0 Å². The van der Waals surface area contributed by atoms with E-state index in [0.717, 1.165) is 30.7 Å². The molecule has 0 amide bonds. The van der Waals surface area contributed by atoms with Gasteiger partial charge in [-0.2, -0.15) is 0 Å². The van der Waals surface area contributed by atoms with E-state index in [0.29, 0.717) is 5.92 Å². The molecule has 3 heteroatoms. The van der Waals surface area contributed by atoms with E-state index in [9.17, 15) is 0 Å². The number of fused-ring (bicyclic) bond motifs is 6. The standard InChI is InChI=1S/C49H41N3/c1-49(2)42-25-15-14-23-37(42)39-29-41-40-28-34(26-27-46(40)52(47(41)30-43(39)49)35-20-10-5-11-21-35)36-22-12-13-24-38(36)48-50-44(32-16-6-3-7-17-32)31-45(51-48)33-18-8-4-9-19-33/h3-8,10-16,18,20-32,44H,9,17,19H2,1-2H3,(H,50,51). The fourth-order valence-electron chi connectivity index (χ4n) is 8.96. The van der Waals surface area contributed by atoms with Crippen LogP contribution >= 0.6 is 0 Å². The largest absolute Gasteiger partial charge is 0.340 e. The highest BCUT2D eigenvalue weighted by molar-refractivity contribution is 6.13.